The zero-order valence-electron chi connectivity index (χ0n) is 10.3. The molecule has 0 radical (unpaired) electrons. The van der Waals surface area contributed by atoms with E-state index in [9.17, 15) is 0 Å². The van der Waals surface area contributed by atoms with E-state index in [0.717, 1.165) is 31.6 Å². The summed E-state index contributed by atoms with van der Waals surface area (Å²) in [5, 5.41) is 7.72. The van der Waals surface area contributed by atoms with Gasteiger partial charge in [0, 0.05) is 11.9 Å². The van der Waals surface area contributed by atoms with Crippen molar-refractivity contribution >= 4 is 0 Å². The third kappa shape index (κ3) is 3.17. The Morgan fingerprint density at radius 1 is 1.18 bits per heavy atom. The number of nitrogens with zero attached hydrogens (tertiary/aromatic N) is 2. The van der Waals surface area contributed by atoms with E-state index < -0.39 is 0 Å². The molecule has 0 saturated heterocycles. The number of aromatic nitrogens is 2. The van der Waals surface area contributed by atoms with E-state index in [0.29, 0.717) is 0 Å². The fourth-order valence-corrected chi connectivity index (χ4v) is 1.89. The lowest BCUT2D eigenvalue weighted by Crippen LogP contribution is -2.15. The minimum Gasteiger partial charge on any atom is -0.317 e. The van der Waals surface area contributed by atoms with Gasteiger partial charge < -0.3 is 5.32 Å². The lowest BCUT2D eigenvalue weighted by Gasteiger charge is -2.07. The molecule has 2 rings (SSSR count). The largest absolute Gasteiger partial charge is 0.317 e. The SMILES string of the molecule is CCNCCCc1ccnn1-c1ccccc1. The first-order valence-electron chi connectivity index (χ1n) is 6.21. The van der Waals surface area contributed by atoms with Crippen LogP contribution < -0.4 is 5.32 Å². The van der Waals surface area contributed by atoms with Gasteiger partial charge in [-0.05, 0) is 44.1 Å². The average Bonchev–Trinajstić information content (AvgIpc) is 2.84. The molecule has 0 atom stereocenters. The monoisotopic (exact) mass is 229 g/mol. The number of benzene rings is 1. The molecule has 0 aliphatic carbocycles. The maximum atomic E-state index is 4.38. The van der Waals surface area contributed by atoms with E-state index >= 15 is 0 Å². The molecule has 1 aromatic heterocycles. The van der Waals surface area contributed by atoms with Gasteiger partial charge in [0.05, 0.1) is 5.69 Å². The standard InChI is InChI=1S/C14H19N3/c1-2-15-11-6-9-14-10-12-16-17(14)13-7-4-3-5-8-13/h3-5,7-8,10,12,15H,2,6,9,11H2,1H3. The van der Waals surface area contributed by atoms with Gasteiger partial charge in [-0.1, -0.05) is 25.1 Å². The Kier molecular flexibility index (Phi) is 4.33. The topological polar surface area (TPSA) is 29.9 Å². The predicted molar refractivity (Wildman–Crippen MR) is 70.4 cm³/mol. The van der Waals surface area contributed by atoms with Crippen molar-refractivity contribution < 1.29 is 0 Å². The fourth-order valence-electron chi connectivity index (χ4n) is 1.89. The highest BCUT2D eigenvalue weighted by molar-refractivity contribution is 5.32. The number of hydrogen-bond donors (Lipinski definition) is 1. The van der Waals surface area contributed by atoms with E-state index in [1.165, 1.54) is 5.69 Å². The Bertz CT molecular complexity index is 434. The van der Waals surface area contributed by atoms with Crippen LogP contribution in [0.3, 0.4) is 0 Å². The Morgan fingerprint density at radius 3 is 2.76 bits per heavy atom. The van der Waals surface area contributed by atoms with Crippen molar-refractivity contribution in [2.75, 3.05) is 13.1 Å². The number of aryl methyl sites for hydroxylation is 1. The molecule has 1 aromatic carbocycles. The van der Waals surface area contributed by atoms with Gasteiger partial charge in [0.2, 0.25) is 0 Å². The summed E-state index contributed by atoms with van der Waals surface area (Å²) in [4.78, 5) is 0. The molecule has 0 saturated carbocycles. The lowest BCUT2D eigenvalue weighted by molar-refractivity contribution is 0.655. The van der Waals surface area contributed by atoms with Crippen molar-refractivity contribution in [3.8, 4) is 5.69 Å². The van der Waals surface area contributed by atoms with Crippen LogP contribution in [0.25, 0.3) is 5.69 Å². The first kappa shape index (κ1) is 11.9. The summed E-state index contributed by atoms with van der Waals surface area (Å²) in [7, 11) is 0. The minimum absolute atomic E-state index is 1.04. The maximum absolute atomic E-state index is 4.38. The van der Waals surface area contributed by atoms with E-state index in [4.69, 9.17) is 0 Å². The molecule has 1 heterocycles. The smallest absolute Gasteiger partial charge is 0.0648 e. The first-order valence-corrected chi connectivity index (χ1v) is 6.21. The summed E-state index contributed by atoms with van der Waals surface area (Å²) in [5.74, 6) is 0. The molecule has 2 aromatic rings. The molecular formula is C14H19N3. The van der Waals surface area contributed by atoms with Crippen LogP contribution >= 0.6 is 0 Å². The minimum atomic E-state index is 1.04. The summed E-state index contributed by atoms with van der Waals surface area (Å²) in [6.07, 6.45) is 4.07. The van der Waals surface area contributed by atoms with E-state index in [2.05, 4.69) is 35.5 Å². The number of hydrogen-bond acceptors (Lipinski definition) is 2. The molecule has 0 fully saturated rings. The van der Waals surface area contributed by atoms with Crippen molar-refractivity contribution in [1.29, 1.82) is 0 Å². The van der Waals surface area contributed by atoms with Crippen LogP contribution in [-0.4, -0.2) is 22.9 Å². The predicted octanol–water partition coefficient (Wildman–Crippen LogP) is 2.41. The molecule has 0 amide bonds. The lowest BCUT2D eigenvalue weighted by atomic mass is 10.2. The van der Waals surface area contributed by atoms with Crippen molar-refractivity contribution in [1.82, 2.24) is 15.1 Å². The summed E-state index contributed by atoms with van der Waals surface area (Å²) < 4.78 is 2.02. The van der Waals surface area contributed by atoms with Crippen molar-refractivity contribution in [2.45, 2.75) is 19.8 Å². The van der Waals surface area contributed by atoms with E-state index in [1.54, 1.807) is 0 Å². The van der Waals surface area contributed by atoms with Crippen LogP contribution in [-0.2, 0) is 6.42 Å². The normalized spacial score (nSPS) is 10.6. The number of rotatable bonds is 6. The fraction of sp³-hybridized carbons (Fsp3) is 0.357. The first-order chi connectivity index (χ1) is 8.42. The molecule has 1 N–H and O–H groups in total. The second kappa shape index (κ2) is 6.21. The zero-order valence-corrected chi connectivity index (χ0v) is 10.3. The molecule has 0 spiro atoms. The molecule has 0 bridgehead atoms. The van der Waals surface area contributed by atoms with Gasteiger partial charge in [0.1, 0.15) is 0 Å². The highest BCUT2D eigenvalue weighted by Crippen LogP contribution is 2.11. The third-order valence-electron chi connectivity index (χ3n) is 2.76. The van der Waals surface area contributed by atoms with E-state index in [-0.39, 0.29) is 0 Å². The highest BCUT2D eigenvalue weighted by Gasteiger charge is 2.03. The number of nitrogens with one attached hydrogen (secondary N) is 1. The molecule has 17 heavy (non-hydrogen) atoms. The van der Waals surface area contributed by atoms with Gasteiger partial charge in [-0.2, -0.15) is 5.10 Å². The highest BCUT2D eigenvalue weighted by atomic mass is 15.3. The second-order valence-electron chi connectivity index (χ2n) is 4.03. The van der Waals surface area contributed by atoms with Crippen LogP contribution in [0.1, 0.15) is 19.0 Å². The van der Waals surface area contributed by atoms with Gasteiger partial charge in [0.15, 0.2) is 0 Å². The van der Waals surface area contributed by atoms with Gasteiger partial charge in [-0.15, -0.1) is 0 Å². The Hall–Kier alpha value is -1.61. The summed E-state index contributed by atoms with van der Waals surface area (Å²) >= 11 is 0. The van der Waals surface area contributed by atoms with Gasteiger partial charge in [-0.25, -0.2) is 4.68 Å². The molecular weight excluding hydrogens is 210 g/mol. The summed E-state index contributed by atoms with van der Waals surface area (Å²) in [6, 6.07) is 12.4. The van der Waals surface area contributed by atoms with Crippen molar-refractivity contribution in [2.24, 2.45) is 0 Å². The molecule has 0 aliphatic heterocycles. The Morgan fingerprint density at radius 2 is 2.00 bits per heavy atom. The van der Waals surface area contributed by atoms with Crippen molar-refractivity contribution in [3.05, 3.63) is 48.3 Å². The van der Waals surface area contributed by atoms with Crippen LogP contribution in [0.5, 0.6) is 0 Å². The van der Waals surface area contributed by atoms with Crippen LogP contribution in [0.4, 0.5) is 0 Å². The van der Waals surface area contributed by atoms with Crippen molar-refractivity contribution in [3.63, 3.8) is 0 Å². The molecule has 0 aliphatic rings. The Labute approximate surface area is 102 Å². The third-order valence-corrected chi connectivity index (χ3v) is 2.76. The summed E-state index contributed by atoms with van der Waals surface area (Å²) in [5.41, 5.74) is 2.41. The van der Waals surface area contributed by atoms with Crippen LogP contribution in [0.2, 0.25) is 0 Å². The quantitative estimate of drug-likeness (QED) is 0.771. The van der Waals surface area contributed by atoms with E-state index in [1.807, 2.05) is 29.1 Å². The van der Waals surface area contributed by atoms with Gasteiger partial charge >= 0.3 is 0 Å². The maximum Gasteiger partial charge on any atom is 0.0648 e. The van der Waals surface area contributed by atoms with Crippen LogP contribution in [0.15, 0.2) is 42.6 Å². The average molecular weight is 229 g/mol. The Balaban J connectivity index is 2.02. The zero-order chi connectivity index (χ0) is 11.9. The molecule has 3 heteroatoms. The molecule has 3 nitrogen and oxygen atoms in total. The summed E-state index contributed by atoms with van der Waals surface area (Å²) in [6.45, 7) is 4.24. The number of para-hydroxylation sites is 1. The second-order valence-corrected chi connectivity index (χ2v) is 4.03. The molecule has 0 unspecified atom stereocenters. The molecule has 90 valence electrons. The van der Waals surface area contributed by atoms with Gasteiger partial charge in [-0.3, -0.25) is 0 Å². The van der Waals surface area contributed by atoms with Crippen LogP contribution in [0, 0.1) is 0 Å². The van der Waals surface area contributed by atoms with Gasteiger partial charge in [0.25, 0.3) is 0 Å².